The van der Waals surface area contributed by atoms with Crippen molar-refractivity contribution in [2.45, 2.75) is 13.0 Å². The Morgan fingerprint density at radius 2 is 1.92 bits per heavy atom. The van der Waals surface area contributed by atoms with E-state index < -0.39 is 11.9 Å². The van der Waals surface area contributed by atoms with Crippen molar-refractivity contribution >= 4 is 36.7 Å². The molecule has 0 aromatic heterocycles. The lowest BCUT2D eigenvalue weighted by molar-refractivity contribution is 0.199. The molecule has 0 aliphatic carbocycles. The maximum Gasteiger partial charge on any atom is 0.142 e. The number of hydrogen-bond donors (Lipinski definition) is 1. The summed E-state index contributed by atoms with van der Waals surface area (Å²) >= 11 is 11.3. The summed E-state index contributed by atoms with van der Waals surface area (Å²) in [5.74, 6) is -0.572. The quantitative estimate of drug-likeness (QED) is 0.750. The molecular formula is C8H9Cl2FOS. The van der Waals surface area contributed by atoms with Crippen LogP contribution in [0.25, 0.3) is 0 Å². The standard InChI is InChI=1S/C8H7Cl2FO.H2S/c1-4(12)7-5(9)2-3-6(11)8(7)10;/h2-4,12H,1H3;1H2/t4-;/m0./s1. The van der Waals surface area contributed by atoms with Crippen molar-refractivity contribution in [2.75, 3.05) is 0 Å². The van der Waals surface area contributed by atoms with Crippen LogP contribution in [-0.2, 0) is 0 Å². The van der Waals surface area contributed by atoms with Crippen molar-refractivity contribution in [3.63, 3.8) is 0 Å². The zero-order valence-corrected chi connectivity index (χ0v) is 9.33. The van der Waals surface area contributed by atoms with E-state index in [1.54, 1.807) is 0 Å². The first kappa shape index (κ1) is 13.0. The first-order valence-corrected chi connectivity index (χ1v) is 4.11. The van der Waals surface area contributed by atoms with Crippen molar-refractivity contribution in [3.8, 4) is 0 Å². The molecule has 0 saturated heterocycles. The van der Waals surface area contributed by atoms with Crippen LogP contribution in [0.15, 0.2) is 12.1 Å². The van der Waals surface area contributed by atoms with Gasteiger partial charge in [0.05, 0.1) is 11.1 Å². The van der Waals surface area contributed by atoms with Crippen molar-refractivity contribution in [3.05, 3.63) is 33.6 Å². The number of aliphatic hydroxyl groups is 1. The summed E-state index contributed by atoms with van der Waals surface area (Å²) in [5, 5.41) is 9.34. The molecule has 0 aliphatic rings. The molecule has 1 aromatic rings. The van der Waals surface area contributed by atoms with Crippen LogP contribution in [0.5, 0.6) is 0 Å². The Bertz CT molecular complexity index is 304. The van der Waals surface area contributed by atoms with Gasteiger partial charge < -0.3 is 5.11 Å². The van der Waals surface area contributed by atoms with Gasteiger partial charge in [-0.3, -0.25) is 0 Å². The van der Waals surface area contributed by atoms with Crippen LogP contribution in [0.4, 0.5) is 4.39 Å². The lowest BCUT2D eigenvalue weighted by Gasteiger charge is -2.09. The van der Waals surface area contributed by atoms with Gasteiger partial charge in [-0.2, -0.15) is 13.5 Å². The maximum absolute atomic E-state index is 12.8. The van der Waals surface area contributed by atoms with Crippen LogP contribution >= 0.6 is 36.7 Å². The second-order valence-corrected chi connectivity index (χ2v) is 3.22. The fourth-order valence-electron chi connectivity index (χ4n) is 0.926. The molecule has 0 amide bonds. The molecule has 13 heavy (non-hydrogen) atoms. The second-order valence-electron chi connectivity index (χ2n) is 2.43. The fourth-order valence-corrected chi connectivity index (χ4v) is 1.61. The highest BCUT2D eigenvalue weighted by molar-refractivity contribution is 7.59. The highest BCUT2D eigenvalue weighted by Gasteiger charge is 2.14. The topological polar surface area (TPSA) is 20.2 Å². The second kappa shape index (κ2) is 5.05. The maximum atomic E-state index is 12.8. The number of halogens is 3. The van der Waals surface area contributed by atoms with E-state index in [1.165, 1.54) is 13.0 Å². The zero-order chi connectivity index (χ0) is 9.30. The Hall–Kier alpha value is 0.0400. The van der Waals surface area contributed by atoms with Gasteiger partial charge in [-0.25, -0.2) is 4.39 Å². The van der Waals surface area contributed by atoms with Crippen LogP contribution in [0.3, 0.4) is 0 Å². The highest BCUT2D eigenvalue weighted by atomic mass is 35.5. The van der Waals surface area contributed by atoms with E-state index in [-0.39, 0.29) is 29.1 Å². The molecule has 74 valence electrons. The summed E-state index contributed by atoms with van der Waals surface area (Å²) in [5.41, 5.74) is 0.235. The predicted molar refractivity (Wildman–Crippen MR) is 57.4 cm³/mol. The minimum absolute atomic E-state index is 0. The molecule has 0 radical (unpaired) electrons. The molecule has 0 saturated carbocycles. The average molecular weight is 243 g/mol. The van der Waals surface area contributed by atoms with E-state index in [9.17, 15) is 9.50 Å². The molecule has 1 atom stereocenters. The molecule has 0 unspecified atom stereocenters. The lowest BCUT2D eigenvalue weighted by Crippen LogP contribution is -1.95. The van der Waals surface area contributed by atoms with Crippen LogP contribution in [0, 0.1) is 5.82 Å². The summed E-state index contributed by atoms with van der Waals surface area (Å²) in [6.45, 7) is 1.48. The number of hydrogen-bond acceptors (Lipinski definition) is 1. The third-order valence-corrected chi connectivity index (χ3v) is 2.21. The third-order valence-electron chi connectivity index (χ3n) is 1.50. The summed E-state index contributed by atoms with van der Waals surface area (Å²) in [4.78, 5) is 0. The molecule has 0 heterocycles. The summed E-state index contributed by atoms with van der Waals surface area (Å²) in [7, 11) is 0. The highest BCUT2D eigenvalue weighted by Crippen LogP contribution is 2.31. The zero-order valence-electron chi connectivity index (χ0n) is 6.81. The Balaban J connectivity index is 0.00000144. The van der Waals surface area contributed by atoms with E-state index in [0.29, 0.717) is 0 Å². The molecule has 5 heteroatoms. The molecule has 1 rings (SSSR count). The first-order valence-electron chi connectivity index (χ1n) is 3.35. The van der Waals surface area contributed by atoms with Crippen molar-refractivity contribution in [2.24, 2.45) is 0 Å². The Morgan fingerprint density at radius 1 is 1.38 bits per heavy atom. The van der Waals surface area contributed by atoms with Crippen LogP contribution in [-0.4, -0.2) is 5.11 Å². The minimum Gasteiger partial charge on any atom is -0.389 e. The molecule has 1 nitrogen and oxygen atoms in total. The van der Waals surface area contributed by atoms with Gasteiger partial charge in [-0.1, -0.05) is 23.2 Å². The molecule has 0 aliphatic heterocycles. The molecule has 0 spiro atoms. The van der Waals surface area contributed by atoms with Crippen LogP contribution in [0.2, 0.25) is 10.0 Å². The number of aliphatic hydroxyl groups excluding tert-OH is 1. The van der Waals surface area contributed by atoms with Gasteiger partial charge in [0.25, 0.3) is 0 Å². The van der Waals surface area contributed by atoms with Crippen molar-refractivity contribution < 1.29 is 9.50 Å². The van der Waals surface area contributed by atoms with E-state index in [4.69, 9.17) is 23.2 Å². The third kappa shape index (κ3) is 2.74. The Morgan fingerprint density at radius 3 is 2.31 bits per heavy atom. The lowest BCUT2D eigenvalue weighted by atomic mass is 10.1. The predicted octanol–water partition coefficient (Wildman–Crippen LogP) is 3.30. The summed E-state index contributed by atoms with van der Waals surface area (Å²) in [6, 6.07) is 2.53. The van der Waals surface area contributed by atoms with Gasteiger partial charge in [-0.15, -0.1) is 0 Å². The normalized spacial score (nSPS) is 12.1. The Kier molecular flexibility index (Phi) is 5.07. The van der Waals surface area contributed by atoms with Gasteiger partial charge in [0, 0.05) is 10.6 Å². The van der Waals surface area contributed by atoms with E-state index >= 15 is 0 Å². The molecule has 1 aromatic carbocycles. The van der Waals surface area contributed by atoms with E-state index in [0.717, 1.165) is 6.07 Å². The SMILES string of the molecule is C[C@H](O)c1c(Cl)ccc(F)c1Cl.S. The minimum atomic E-state index is -0.860. The average Bonchev–Trinajstić information content (AvgIpc) is 1.97. The fraction of sp³-hybridized carbons (Fsp3) is 0.250. The van der Waals surface area contributed by atoms with Crippen LogP contribution in [0.1, 0.15) is 18.6 Å². The number of benzene rings is 1. The monoisotopic (exact) mass is 242 g/mol. The van der Waals surface area contributed by atoms with Gasteiger partial charge in [0.15, 0.2) is 0 Å². The molecule has 1 N–H and O–H groups in total. The molecular weight excluding hydrogens is 234 g/mol. The van der Waals surface area contributed by atoms with Crippen molar-refractivity contribution in [1.82, 2.24) is 0 Å². The van der Waals surface area contributed by atoms with Gasteiger partial charge >= 0.3 is 0 Å². The largest absolute Gasteiger partial charge is 0.389 e. The van der Waals surface area contributed by atoms with E-state index in [2.05, 4.69) is 0 Å². The number of rotatable bonds is 1. The summed E-state index contributed by atoms with van der Waals surface area (Å²) in [6.07, 6.45) is -0.860. The van der Waals surface area contributed by atoms with Crippen molar-refractivity contribution in [1.29, 1.82) is 0 Å². The Labute approximate surface area is 92.9 Å². The van der Waals surface area contributed by atoms with Gasteiger partial charge in [0.2, 0.25) is 0 Å². The van der Waals surface area contributed by atoms with Gasteiger partial charge in [-0.05, 0) is 19.1 Å². The van der Waals surface area contributed by atoms with Crippen LogP contribution < -0.4 is 0 Å². The molecule has 0 bridgehead atoms. The van der Waals surface area contributed by atoms with E-state index in [1.807, 2.05) is 0 Å². The summed E-state index contributed by atoms with van der Waals surface area (Å²) < 4.78 is 12.8. The first-order chi connectivity index (χ1) is 5.54. The smallest absolute Gasteiger partial charge is 0.142 e. The molecule has 0 fully saturated rings. The van der Waals surface area contributed by atoms with Gasteiger partial charge in [0.1, 0.15) is 5.82 Å².